The lowest BCUT2D eigenvalue weighted by atomic mass is 10.0. The Kier molecular flexibility index (Phi) is 7.79. The van der Waals surface area contributed by atoms with Crippen molar-refractivity contribution in [2.45, 2.75) is 39.2 Å². The summed E-state index contributed by atoms with van der Waals surface area (Å²) >= 11 is 0. The van der Waals surface area contributed by atoms with Gasteiger partial charge >= 0.3 is 5.97 Å². The molecule has 1 unspecified atom stereocenters. The van der Waals surface area contributed by atoms with E-state index >= 15 is 0 Å². The van der Waals surface area contributed by atoms with Crippen LogP contribution in [0.25, 0.3) is 0 Å². The van der Waals surface area contributed by atoms with Crippen LogP contribution in [0.15, 0.2) is 0 Å². The normalized spacial score (nSPS) is 11.9. The van der Waals surface area contributed by atoms with Crippen LogP contribution >= 0.6 is 0 Å². The summed E-state index contributed by atoms with van der Waals surface area (Å²) in [6.07, 6.45) is 0.719. The van der Waals surface area contributed by atoms with E-state index in [0.717, 1.165) is 0 Å². The number of hydrogen-bond acceptors (Lipinski definition) is 4. The number of nitrogens with zero attached hydrogens (tertiary/aromatic N) is 1. The Bertz CT molecular complexity index is 327. The van der Waals surface area contributed by atoms with Crippen molar-refractivity contribution in [2.24, 2.45) is 5.92 Å². The summed E-state index contributed by atoms with van der Waals surface area (Å²) in [5.41, 5.74) is 0. The van der Waals surface area contributed by atoms with E-state index in [0.29, 0.717) is 6.42 Å². The van der Waals surface area contributed by atoms with Crippen LogP contribution < -0.4 is 5.32 Å². The zero-order chi connectivity index (χ0) is 15.0. The lowest BCUT2D eigenvalue weighted by Gasteiger charge is -2.18. The maximum atomic E-state index is 11.7. The van der Waals surface area contributed by atoms with Gasteiger partial charge in [0.1, 0.15) is 6.04 Å². The van der Waals surface area contributed by atoms with Crippen LogP contribution in [0.2, 0.25) is 0 Å². The minimum atomic E-state index is -0.646. The summed E-state index contributed by atoms with van der Waals surface area (Å²) in [5.74, 6) is -0.631. The molecule has 0 heterocycles. The highest BCUT2D eigenvalue weighted by atomic mass is 16.5. The number of nitrogens with one attached hydrogen (secondary N) is 1. The van der Waals surface area contributed by atoms with E-state index in [1.54, 1.807) is 14.1 Å². The monoisotopic (exact) mass is 272 g/mol. The predicted molar refractivity (Wildman–Crippen MR) is 71.3 cm³/mol. The first-order valence-corrected chi connectivity index (χ1v) is 6.35. The molecule has 0 aliphatic heterocycles. The minimum Gasteiger partial charge on any atom is -0.467 e. The maximum absolute atomic E-state index is 11.7. The lowest BCUT2D eigenvalue weighted by Crippen LogP contribution is -2.42. The van der Waals surface area contributed by atoms with Gasteiger partial charge in [-0.3, -0.25) is 9.59 Å². The van der Waals surface area contributed by atoms with E-state index in [9.17, 15) is 14.4 Å². The molecule has 0 saturated heterocycles. The van der Waals surface area contributed by atoms with Crippen LogP contribution in [0.3, 0.4) is 0 Å². The van der Waals surface area contributed by atoms with Crippen LogP contribution in [0.1, 0.15) is 33.1 Å². The average molecular weight is 272 g/mol. The zero-order valence-corrected chi connectivity index (χ0v) is 12.4. The molecule has 6 heteroatoms. The van der Waals surface area contributed by atoms with Gasteiger partial charge in [0.2, 0.25) is 11.8 Å². The Labute approximate surface area is 114 Å². The molecule has 0 aromatic heterocycles. The summed E-state index contributed by atoms with van der Waals surface area (Å²) in [7, 11) is 4.56. The highest BCUT2D eigenvalue weighted by Gasteiger charge is 2.22. The lowest BCUT2D eigenvalue weighted by molar-refractivity contribution is -0.145. The Balaban J connectivity index is 4.31. The topological polar surface area (TPSA) is 75.7 Å². The molecule has 0 spiro atoms. The van der Waals surface area contributed by atoms with Crippen molar-refractivity contribution in [3.8, 4) is 0 Å². The van der Waals surface area contributed by atoms with Gasteiger partial charge in [-0.05, 0) is 12.3 Å². The number of rotatable bonds is 7. The van der Waals surface area contributed by atoms with Crippen LogP contribution in [0, 0.1) is 5.92 Å². The molecule has 1 atom stereocenters. The van der Waals surface area contributed by atoms with Crippen molar-refractivity contribution in [2.75, 3.05) is 21.2 Å². The van der Waals surface area contributed by atoms with Gasteiger partial charge in [0.15, 0.2) is 0 Å². The fourth-order valence-corrected chi connectivity index (χ4v) is 1.54. The van der Waals surface area contributed by atoms with Crippen molar-refractivity contribution in [1.29, 1.82) is 0 Å². The highest BCUT2D eigenvalue weighted by molar-refractivity contribution is 5.87. The van der Waals surface area contributed by atoms with Gasteiger partial charge in [-0.15, -0.1) is 0 Å². The molecule has 1 N–H and O–H groups in total. The minimum absolute atomic E-state index is 0.0720. The molecule has 0 aromatic carbocycles. The second kappa shape index (κ2) is 8.50. The fourth-order valence-electron chi connectivity index (χ4n) is 1.54. The Morgan fingerprint density at radius 2 is 1.74 bits per heavy atom. The van der Waals surface area contributed by atoms with Gasteiger partial charge in [-0.2, -0.15) is 0 Å². The molecule has 0 fully saturated rings. The number of ether oxygens (including phenoxy) is 1. The first-order chi connectivity index (χ1) is 8.77. The molecule has 0 saturated carbocycles. The molecule has 0 aliphatic carbocycles. The average Bonchev–Trinajstić information content (AvgIpc) is 2.33. The predicted octanol–water partition coefficient (Wildman–Crippen LogP) is 0.559. The molecule has 0 aromatic rings. The van der Waals surface area contributed by atoms with E-state index in [1.165, 1.54) is 12.0 Å². The van der Waals surface area contributed by atoms with Gasteiger partial charge in [0, 0.05) is 26.9 Å². The van der Waals surface area contributed by atoms with E-state index in [-0.39, 0.29) is 30.6 Å². The van der Waals surface area contributed by atoms with E-state index in [1.807, 2.05) is 13.8 Å². The smallest absolute Gasteiger partial charge is 0.328 e. The molecule has 0 bridgehead atoms. The van der Waals surface area contributed by atoms with E-state index in [2.05, 4.69) is 10.1 Å². The van der Waals surface area contributed by atoms with Crippen molar-refractivity contribution >= 4 is 17.8 Å². The molecule has 110 valence electrons. The molecule has 2 amide bonds. The summed E-state index contributed by atoms with van der Waals surface area (Å²) in [6.45, 7) is 3.91. The molecule has 0 aliphatic rings. The third-order valence-electron chi connectivity index (χ3n) is 2.59. The summed E-state index contributed by atoms with van der Waals surface area (Å²) < 4.78 is 4.65. The number of carbonyl (C=O) groups excluding carboxylic acids is 3. The maximum Gasteiger partial charge on any atom is 0.328 e. The quantitative estimate of drug-likeness (QED) is 0.687. The first kappa shape index (κ1) is 17.4. The molecule has 0 rings (SSSR count). The Morgan fingerprint density at radius 3 is 2.16 bits per heavy atom. The Morgan fingerprint density at radius 1 is 1.16 bits per heavy atom. The largest absolute Gasteiger partial charge is 0.467 e. The van der Waals surface area contributed by atoms with Crippen LogP contribution in [-0.2, 0) is 19.1 Å². The molecule has 0 radical (unpaired) electrons. The van der Waals surface area contributed by atoms with Crippen LogP contribution in [-0.4, -0.2) is 49.9 Å². The molecular weight excluding hydrogens is 248 g/mol. The van der Waals surface area contributed by atoms with Gasteiger partial charge in [0.05, 0.1) is 7.11 Å². The van der Waals surface area contributed by atoms with Gasteiger partial charge in [0.25, 0.3) is 0 Å². The molecule has 19 heavy (non-hydrogen) atoms. The summed E-state index contributed by atoms with van der Waals surface area (Å²) in [6, 6.07) is -0.646. The fraction of sp³-hybridized carbons (Fsp3) is 0.769. The SMILES string of the molecule is COC(=O)C(CC(C)C)NC(=O)CCC(=O)N(C)C. The number of esters is 1. The molecule has 6 nitrogen and oxygen atoms in total. The van der Waals surface area contributed by atoms with Gasteiger partial charge in [-0.25, -0.2) is 4.79 Å². The van der Waals surface area contributed by atoms with Crippen molar-refractivity contribution in [3.05, 3.63) is 0 Å². The standard InChI is InChI=1S/C13H24N2O4/c1-9(2)8-10(13(18)19-5)14-11(16)6-7-12(17)15(3)4/h9-10H,6-8H2,1-5H3,(H,14,16). The summed E-state index contributed by atoms with van der Waals surface area (Å²) in [4.78, 5) is 36.0. The Hall–Kier alpha value is -1.59. The second-order valence-corrected chi connectivity index (χ2v) is 5.06. The van der Waals surface area contributed by atoms with Crippen molar-refractivity contribution < 1.29 is 19.1 Å². The van der Waals surface area contributed by atoms with Crippen LogP contribution in [0.4, 0.5) is 0 Å². The first-order valence-electron chi connectivity index (χ1n) is 6.35. The number of methoxy groups -OCH3 is 1. The third-order valence-corrected chi connectivity index (χ3v) is 2.59. The highest BCUT2D eigenvalue weighted by Crippen LogP contribution is 2.07. The zero-order valence-electron chi connectivity index (χ0n) is 12.4. The second-order valence-electron chi connectivity index (χ2n) is 5.06. The molecular formula is C13H24N2O4. The van der Waals surface area contributed by atoms with Gasteiger partial charge < -0.3 is 15.0 Å². The van der Waals surface area contributed by atoms with Crippen molar-refractivity contribution in [1.82, 2.24) is 10.2 Å². The third kappa shape index (κ3) is 7.43. The number of amides is 2. The summed E-state index contributed by atoms with van der Waals surface area (Å²) in [5, 5.41) is 2.61. The number of hydrogen-bond donors (Lipinski definition) is 1. The van der Waals surface area contributed by atoms with Gasteiger partial charge in [-0.1, -0.05) is 13.8 Å². The number of carbonyl (C=O) groups is 3. The van der Waals surface area contributed by atoms with E-state index in [4.69, 9.17) is 0 Å². The van der Waals surface area contributed by atoms with Crippen LogP contribution in [0.5, 0.6) is 0 Å². The van der Waals surface area contributed by atoms with Crippen molar-refractivity contribution in [3.63, 3.8) is 0 Å². The van der Waals surface area contributed by atoms with E-state index < -0.39 is 12.0 Å².